The zero-order chi connectivity index (χ0) is 10.1. The van der Waals surface area contributed by atoms with Crippen molar-refractivity contribution in [3.05, 3.63) is 29.3 Å². The molecule has 0 saturated heterocycles. The summed E-state index contributed by atoms with van der Waals surface area (Å²) in [4.78, 5) is 11.0. The summed E-state index contributed by atoms with van der Waals surface area (Å²) in [5.74, 6) is -0.355. The van der Waals surface area contributed by atoms with Crippen molar-refractivity contribution < 1.29 is 4.79 Å². The summed E-state index contributed by atoms with van der Waals surface area (Å²) in [6, 6.07) is 6.11. The summed E-state index contributed by atoms with van der Waals surface area (Å²) in [6.45, 7) is 2.16. The Hall–Kier alpha value is -1.51. The van der Waals surface area contributed by atoms with Gasteiger partial charge in [-0.1, -0.05) is 0 Å². The Morgan fingerprint density at radius 3 is 3.07 bits per heavy atom. The predicted molar refractivity (Wildman–Crippen MR) is 56.4 cm³/mol. The maximum absolute atomic E-state index is 11.0. The number of benzene rings is 1. The molecule has 0 unspecified atom stereocenters. The minimum atomic E-state index is -0.355. The molecular formula is C11H14N2O. The van der Waals surface area contributed by atoms with Crippen LogP contribution in [0.25, 0.3) is 0 Å². The van der Waals surface area contributed by atoms with Crippen LogP contribution in [-0.4, -0.2) is 11.9 Å². The quantitative estimate of drug-likeness (QED) is 0.705. The topological polar surface area (TPSA) is 55.1 Å². The first-order valence-corrected chi connectivity index (χ1v) is 4.86. The van der Waals surface area contributed by atoms with Crippen LogP contribution in [0, 0.1) is 0 Å². The molecule has 0 spiro atoms. The lowest BCUT2D eigenvalue weighted by atomic mass is 9.97. The molecule has 1 aromatic rings. The number of carbonyl (C=O) groups excluding carboxylic acids is 1. The van der Waals surface area contributed by atoms with Crippen LogP contribution in [0.4, 0.5) is 5.69 Å². The fourth-order valence-corrected chi connectivity index (χ4v) is 1.80. The molecule has 0 bridgehead atoms. The van der Waals surface area contributed by atoms with E-state index in [1.165, 1.54) is 5.56 Å². The standard InChI is InChI=1S/C11H14N2O/c1-7-2-3-8-6-9(11(12)14)4-5-10(8)13-7/h4-7,13H,2-3H2,1H3,(H2,12,14)/t7-/m1/s1. The highest BCUT2D eigenvalue weighted by Gasteiger charge is 2.14. The lowest BCUT2D eigenvalue weighted by Gasteiger charge is -2.24. The van der Waals surface area contributed by atoms with Crippen LogP contribution in [0.1, 0.15) is 29.3 Å². The molecule has 1 atom stereocenters. The predicted octanol–water partition coefficient (Wildman–Crippen LogP) is 1.53. The Labute approximate surface area is 83.3 Å². The van der Waals surface area contributed by atoms with Gasteiger partial charge in [0.1, 0.15) is 0 Å². The van der Waals surface area contributed by atoms with Crippen LogP contribution in [-0.2, 0) is 6.42 Å². The second-order valence-corrected chi connectivity index (χ2v) is 3.82. The van der Waals surface area contributed by atoms with Gasteiger partial charge in [-0.2, -0.15) is 0 Å². The number of nitrogens with one attached hydrogen (secondary N) is 1. The van der Waals surface area contributed by atoms with E-state index in [-0.39, 0.29) is 5.91 Å². The van der Waals surface area contributed by atoms with Crippen molar-refractivity contribution in [2.24, 2.45) is 5.73 Å². The summed E-state index contributed by atoms with van der Waals surface area (Å²) in [5, 5.41) is 3.37. The molecule has 0 fully saturated rings. The minimum absolute atomic E-state index is 0.355. The summed E-state index contributed by atoms with van der Waals surface area (Å²) < 4.78 is 0. The molecule has 1 aromatic carbocycles. The molecule has 1 aliphatic rings. The second kappa shape index (κ2) is 3.33. The van der Waals surface area contributed by atoms with Gasteiger partial charge in [-0.15, -0.1) is 0 Å². The maximum Gasteiger partial charge on any atom is 0.248 e. The Morgan fingerprint density at radius 2 is 2.36 bits per heavy atom. The third-order valence-electron chi connectivity index (χ3n) is 2.64. The molecule has 1 heterocycles. The van der Waals surface area contributed by atoms with Gasteiger partial charge in [0.2, 0.25) is 5.91 Å². The van der Waals surface area contributed by atoms with Gasteiger partial charge in [0.25, 0.3) is 0 Å². The average molecular weight is 190 g/mol. The number of amides is 1. The van der Waals surface area contributed by atoms with Crippen molar-refractivity contribution >= 4 is 11.6 Å². The van der Waals surface area contributed by atoms with Crippen LogP contribution in [0.15, 0.2) is 18.2 Å². The SMILES string of the molecule is C[C@@H]1CCc2cc(C(N)=O)ccc2N1. The van der Waals surface area contributed by atoms with Crippen molar-refractivity contribution in [2.45, 2.75) is 25.8 Å². The number of hydrogen-bond donors (Lipinski definition) is 2. The van der Waals surface area contributed by atoms with Gasteiger partial charge in [-0.05, 0) is 43.5 Å². The molecule has 74 valence electrons. The number of rotatable bonds is 1. The zero-order valence-corrected chi connectivity index (χ0v) is 8.21. The van der Waals surface area contributed by atoms with Crippen molar-refractivity contribution in [3.8, 4) is 0 Å². The van der Waals surface area contributed by atoms with Gasteiger partial charge < -0.3 is 11.1 Å². The van der Waals surface area contributed by atoms with Crippen LogP contribution in [0.2, 0.25) is 0 Å². The number of aryl methyl sites for hydroxylation is 1. The normalized spacial score (nSPS) is 19.6. The first-order chi connectivity index (χ1) is 6.66. The van der Waals surface area contributed by atoms with Crippen LogP contribution in [0.5, 0.6) is 0 Å². The van der Waals surface area contributed by atoms with Gasteiger partial charge in [0.05, 0.1) is 0 Å². The Kier molecular flexibility index (Phi) is 2.15. The summed E-state index contributed by atoms with van der Waals surface area (Å²) >= 11 is 0. The first-order valence-electron chi connectivity index (χ1n) is 4.86. The van der Waals surface area contributed by atoms with E-state index in [4.69, 9.17) is 5.73 Å². The molecule has 3 N–H and O–H groups in total. The lowest BCUT2D eigenvalue weighted by Crippen LogP contribution is -2.22. The number of carbonyl (C=O) groups is 1. The Morgan fingerprint density at radius 1 is 1.57 bits per heavy atom. The second-order valence-electron chi connectivity index (χ2n) is 3.82. The number of anilines is 1. The van der Waals surface area contributed by atoms with Gasteiger partial charge in [0.15, 0.2) is 0 Å². The van der Waals surface area contributed by atoms with E-state index in [9.17, 15) is 4.79 Å². The van der Waals surface area contributed by atoms with E-state index in [1.54, 1.807) is 6.07 Å². The minimum Gasteiger partial charge on any atom is -0.382 e. The van der Waals surface area contributed by atoms with Crippen LogP contribution >= 0.6 is 0 Å². The number of fused-ring (bicyclic) bond motifs is 1. The molecule has 0 saturated carbocycles. The Balaban J connectivity index is 2.36. The highest BCUT2D eigenvalue weighted by molar-refractivity contribution is 5.93. The fraction of sp³-hybridized carbons (Fsp3) is 0.364. The molecule has 1 aliphatic heterocycles. The van der Waals surface area contributed by atoms with Crippen molar-refractivity contribution in [2.75, 3.05) is 5.32 Å². The molecule has 14 heavy (non-hydrogen) atoms. The van der Waals surface area contributed by atoms with Crippen molar-refractivity contribution in [1.29, 1.82) is 0 Å². The summed E-state index contributed by atoms with van der Waals surface area (Å²) in [5.41, 5.74) is 8.14. The highest BCUT2D eigenvalue weighted by atomic mass is 16.1. The highest BCUT2D eigenvalue weighted by Crippen LogP contribution is 2.25. The lowest BCUT2D eigenvalue weighted by molar-refractivity contribution is 0.1000. The smallest absolute Gasteiger partial charge is 0.248 e. The van der Waals surface area contributed by atoms with Gasteiger partial charge in [-0.25, -0.2) is 0 Å². The molecule has 3 heteroatoms. The van der Waals surface area contributed by atoms with E-state index in [0.29, 0.717) is 11.6 Å². The van der Waals surface area contributed by atoms with Gasteiger partial charge >= 0.3 is 0 Å². The number of hydrogen-bond acceptors (Lipinski definition) is 2. The zero-order valence-electron chi connectivity index (χ0n) is 8.21. The molecule has 3 nitrogen and oxygen atoms in total. The van der Waals surface area contributed by atoms with Crippen LogP contribution in [0.3, 0.4) is 0 Å². The molecule has 2 rings (SSSR count). The van der Waals surface area contributed by atoms with E-state index in [1.807, 2.05) is 12.1 Å². The monoisotopic (exact) mass is 190 g/mol. The summed E-state index contributed by atoms with van der Waals surface area (Å²) in [7, 11) is 0. The molecule has 0 radical (unpaired) electrons. The molecule has 1 amide bonds. The van der Waals surface area contributed by atoms with Crippen molar-refractivity contribution in [1.82, 2.24) is 0 Å². The maximum atomic E-state index is 11.0. The largest absolute Gasteiger partial charge is 0.382 e. The van der Waals surface area contributed by atoms with Crippen LogP contribution < -0.4 is 11.1 Å². The third-order valence-corrected chi connectivity index (χ3v) is 2.64. The fourth-order valence-electron chi connectivity index (χ4n) is 1.80. The number of nitrogens with two attached hydrogens (primary N) is 1. The van der Waals surface area contributed by atoms with Crippen molar-refractivity contribution in [3.63, 3.8) is 0 Å². The van der Waals surface area contributed by atoms with Gasteiger partial charge in [-0.3, -0.25) is 4.79 Å². The van der Waals surface area contributed by atoms with E-state index in [0.717, 1.165) is 18.5 Å². The summed E-state index contributed by atoms with van der Waals surface area (Å²) in [6.07, 6.45) is 2.12. The van der Waals surface area contributed by atoms with E-state index < -0.39 is 0 Å². The molecular weight excluding hydrogens is 176 g/mol. The van der Waals surface area contributed by atoms with E-state index >= 15 is 0 Å². The van der Waals surface area contributed by atoms with E-state index in [2.05, 4.69) is 12.2 Å². The first kappa shape index (κ1) is 9.06. The van der Waals surface area contributed by atoms with Gasteiger partial charge in [0, 0.05) is 17.3 Å². The molecule has 0 aromatic heterocycles. The average Bonchev–Trinajstić information content (AvgIpc) is 2.16. The number of primary amides is 1. The Bertz CT molecular complexity index is 374. The molecule has 0 aliphatic carbocycles. The third kappa shape index (κ3) is 1.58.